The number of morpholine rings is 1. The highest BCUT2D eigenvalue weighted by atomic mass is 19.1. The van der Waals surface area contributed by atoms with Gasteiger partial charge in [-0.1, -0.05) is 0 Å². The summed E-state index contributed by atoms with van der Waals surface area (Å²) in [5, 5.41) is 0. The number of anilines is 1. The first-order valence-corrected chi connectivity index (χ1v) is 5.75. The fourth-order valence-corrected chi connectivity index (χ4v) is 2.02. The molecule has 0 spiro atoms. The van der Waals surface area contributed by atoms with Crippen LogP contribution in [0.5, 0.6) is 0 Å². The van der Waals surface area contributed by atoms with Crippen molar-refractivity contribution in [1.82, 2.24) is 0 Å². The standard InChI is InChI=1S/C13H16FNO2/c1-9-8-15(5-6-17-9)13-4-3-11(10(2)16)7-12(13)14/h3-4,7,9H,5-6,8H2,1-2H3/t9-/m1/s1. The molecule has 0 amide bonds. The van der Waals surface area contributed by atoms with Crippen LogP contribution in [-0.4, -0.2) is 31.6 Å². The molecule has 0 saturated carbocycles. The largest absolute Gasteiger partial charge is 0.375 e. The third-order valence-corrected chi connectivity index (χ3v) is 2.94. The molecule has 1 aliphatic rings. The lowest BCUT2D eigenvalue weighted by Crippen LogP contribution is -2.41. The molecule has 1 saturated heterocycles. The van der Waals surface area contributed by atoms with E-state index < -0.39 is 0 Å². The number of hydrogen-bond donors (Lipinski definition) is 0. The second-order valence-electron chi connectivity index (χ2n) is 4.35. The second-order valence-corrected chi connectivity index (χ2v) is 4.35. The number of rotatable bonds is 2. The van der Waals surface area contributed by atoms with Crippen LogP contribution in [0.1, 0.15) is 24.2 Å². The van der Waals surface area contributed by atoms with Gasteiger partial charge in [-0.3, -0.25) is 4.79 Å². The maximum Gasteiger partial charge on any atom is 0.159 e. The summed E-state index contributed by atoms with van der Waals surface area (Å²) >= 11 is 0. The van der Waals surface area contributed by atoms with Crippen molar-refractivity contribution in [2.75, 3.05) is 24.6 Å². The van der Waals surface area contributed by atoms with Crippen molar-refractivity contribution in [3.63, 3.8) is 0 Å². The Hall–Kier alpha value is -1.42. The summed E-state index contributed by atoms with van der Waals surface area (Å²) in [6.07, 6.45) is 0.107. The predicted octanol–water partition coefficient (Wildman–Crippen LogP) is 2.25. The van der Waals surface area contributed by atoms with Crippen molar-refractivity contribution >= 4 is 11.5 Å². The van der Waals surface area contributed by atoms with Crippen LogP contribution in [0.3, 0.4) is 0 Å². The molecule has 1 aromatic rings. The Labute approximate surface area is 100 Å². The Bertz CT molecular complexity index is 433. The van der Waals surface area contributed by atoms with E-state index >= 15 is 0 Å². The molecular weight excluding hydrogens is 221 g/mol. The van der Waals surface area contributed by atoms with Crippen LogP contribution in [-0.2, 0) is 4.74 Å². The number of ketones is 1. The van der Waals surface area contributed by atoms with Crippen molar-refractivity contribution in [3.8, 4) is 0 Å². The van der Waals surface area contributed by atoms with Gasteiger partial charge >= 0.3 is 0 Å². The summed E-state index contributed by atoms with van der Waals surface area (Å²) in [5.41, 5.74) is 0.956. The Morgan fingerprint density at radius 3 is 2.88 bits per heavy atom. The molecule has 0 radical (unpaired) electrons. The summed E-state index contributed by atoms with van der Waals surface area (Å²) in [6, 6.07) is 4.64. The highest BCUT2D eigenvalue weighted by Gasteiger charge is 2.19. The average molecular weight is 237 g/mol. The molecule has 1 heterocycles. The number of Topliss-reactive ketones (excluding diaryl/α,β-unsaturated/α-hetero) is 1. The Kier molecular flexibility index (Phi) is 3.43. The first-order valence-electron chi connectivity index (χ1n) is 5.75. The highest BCUT2D eigenvalue weighted by molar-refractivity contribution is 5.94. The number of carbonyl (C=O) groups is 1. The van der Waals surface area contributed by atoms with Gasteiger partial charge in [0.05, 0.1) is 18.4 Å². The molecule has 92 valence electrons. The van der Waals surface area contributed by atoms with Crippen LogP contribution in [0.25, 0.3) is 0 Å². The van der Waals surface area contributed by atoms with Gasteiger partial charge in [0, 0.05) is 18.7 Å². The van der Waals surface area contributed by atoms with Gasteiger partial charge in [0.1, 0.15) is 5.82 Å². The van der Waals surface area contributed by atoms with Crippen LogP contribution in [0, 0.1) is 5.82 Å². The number of nitrogens with zero attached hydrogens (tertiary/aromatic N) is 1. The SMILES string of the molecule is CC(=O)c1ccc(N2CCO[C@H](C)C2)c(F)c1. The Morgan fingerprint density at radius 1 is 1.53 bits per heavy atom. The minimum Gasteiger partial charge on any atom is -0.375 e. The van der Waals surface area contributed by atoms with Crippen LogP contribution in [0.4, 0.5) is 10.1 Å². The quantitative estimate of drug-likeness (QED) is 0.739. The molecule has 1 aromatic carbocycles. The maximum atomic E-state index is 13.9. The average Bonchev–Trinajstić information content (AvgIpc) is 2.28. The molecule has 4 heteroatoms. The predicted molar refractivity (Wildman–Crippen MR) is 64.0 cm³/mol. The topological polar surface area (TPSA) is 29.5 Å². The molecule has 0 bridgehead atoms. The van der Waals surface area contributed by atoms with Crippen molar-refractivity contribution in [2.45, 2.75) is 20.0 Å². The Morgan fingerprint density at radius 2 is 2.29 bits per heavy atom. The molecule has 0 aromatic heterocycles. The highest BCUT2D eigenvalue weighted by Crippen LogP contribution is 2.22. The van der Waals surface area contributed by atoms with Crippen LogP contribution >= 0.6 is 0 Å². The van der Waals surface area contributed by atoms with Crippen molar-refractivity contribution in [3.05, 3.63) is 29.6 Å². The molecule has 1 fully saturated rings. The smallest absolute Gasteiger partial charge is 0.159 e. The van der Waals surface area contributed by atoms with Gasteiger partial charge in [-0.25, -0.2) is 4.39 Å². The van der Waals surface area contributed by atoms with Crippen molar-refractivity contribution in [1.29, 1.82) is 0 Å². The first kappa shape index (κ1) is 12.0. The lowest BCUT2D eigenvalue weighted by atomic mass is 10.1. The molecule has 17 heavy (non-hydrogen) atoms. The van der Waals surface area contributed by atoms with Crippen molar-refractivity contribution < 1.29 is 13.9 Å². The van der Waals surface area contributed by atoms with Crippen LogP contribution in [0.2, 0.25) is 0 Å². The van der Waals surface area contributed by atoms with Gasteiger partial charge in [-0.2, -0.15) is 0 Å². The third-order valence-electron chi connectivity index (χ3n) is 2.94. The van der Waals surface area contributed by atoms with E-state index in [-0.39, 0.29) is 17.7 Å². The first-order chi connectivity index (χ1) is 8.08. The molecular formula is C13H16FNO2. The maximum absolute atomic E-state index is 13.9. The monoisotopic (exact) mass is 237 g/mol. The fraction of sp³-hybridized carbons (Fsp3) is 0.462. The third kappa shape index (κ3) is 2.64. The molecule has 0 unspecified atom stereocenters. The zero-order chi connectivity index (χ0) is 12.4. The summed E-state index contributed by atoms with van der Waals surface area (Å²) in [6.45, 7) is 5.37. The number of hydrogen-bond acceptors (Lipinski definition) is 3. The van der Waals surface area contributed by atoms with E-state index in [1.807, 2.05) is 11.8 Å². The van der Waals surface area contributed by atoms with Crippen LogP contribution in [0.15, 0.2) is 18.2 Å². The minimum atomic E-state index is -0.341. The molecule has 0 N–H and O–H groups in total. The van der Waals surface area contributed by atoms with Crippen molar-refractivity contribution in [2.24, 2.45) is 0 Å². The van der Waals surface area contributed by atoms with E-state index in [0.29, 0.717) is 30.9 Å². The lowest BCUT2D eigenvalue weighted by Gasteiger charge is -2.33. The number of halogens is 1. The van der Waals surface area contributed by atoms with Gasteiger partial charge < -0.3 is 9.64 Å². The number of carbonyl (C=O) groups excluding carboxylic acids is 1. The van der Waals surface area contributed by atoms with Gasteiger partial charge in [0.25, 0.3) is 0 Å². The lowest BCUT2D eigenvalue weighted by molar-refractivity contribution is 0.0530. The molecule has 1 aliphatic heterocycles. The summed E-state index contributed by atoms with van der Waals surface area (Å²) in [4.78, 5) is 13.1. The molecule has 2 rings (SSSR count). The summed E-state index contributed by atoms with van der Waals surface area (Å²) in [7, 11) is 0. The molecule has 0 aliphatic carbocycles. The van der Waals surface area contributed by atoms with E-state index in [9.17, 15) is 9.18 Å². The minimum absolute atomic E-state index is 0.107. The van der Waals surface area contributed by atoms with E-state index in [2.05, 4.69) is 0 Å². The zero-order valence-electron chi connectivity index (χ0n) is 10.1. The van der Waals surface area contributed by atoms with E-state index in [1.165, 1.54) is 13.0 Å². The number of benzene rings is 1. The summed E-state index contributed by atoms with van der Waals surface area (Å²) < 4.78 is 19.3. The van der Waals surface area contributed by atoms with Gasteiger partial charge in [-0.15, -0.1) is 0 Å². The van der Waals surface area contributed by atoms with Gasteiger partial charge in [0.15, 0.2) is 5.78 Å². The Balaban J connectivity index is 2.23. The fourth-order valence-electron chi connectivity index (χ4n) is 2.02. The van der Waals surface area contributed by atoms with E-state index in [4.69, 9.17) is 4.74 Å². The van der Waals surface area contributed by atoms with E-state index in [0.717, 1.165) is 0 Å². The summed E-state index contributed by atoms with van der Waals surface area (Å²) in [5.74, 6) is -0.461. The van der Waals surface area contributed by atoms with Gasteiger partial charge in [-0.05, 0) is 32.0 Å². The molecule has 3 nitrogen and oxygen atoms in total. The van der Waals surface area contributed by atoms with Gasteiger partial charge in [0.2, 0.25) is 0 Å². The van der Waals surface area contributed by atoms with E-state index in [1.54, 1.807) is 12.1 Å². The van der Waals surface area contributed by atoms with Crippen LogP contribution < -0.4 is 4.90 Å². The second kappa shape index (κ2) is 4.84. The molecule has 1 atom stereocenters. The number of ether oxygens (including phenoxy) is 1. The zero-order valence-corrected chi connectivity index (χ0v) is 10.1. The normalized spacial score (nSPS) is 20.4.